The van der Waals surface area contributed by atoms with E-state index in [9.17, 15) is 4.39 Å². The summed E-state index contributed by atoms with van der Waals surface area (Å²) < 4.78 is 25.7. The lowest BCUT2D eigenvalue weighted by Gasteiger charge is -2.33. The largest absolute Gasteiger partial charge is 0.381 e. The molecule has 2 aromatic rings. The van der Waals surface area contributed by atoms with Gasteiger partial charge in [-0.25, -0.2) is 19.3 Å². The standard InChI is InChI=1S/C23H33FN6O2/c1-23(5-9-31-10-6-23)15-28-20-4-8-26-22(30-20)18-11-21(27-13-19(18)24)29-16-32-14-17-3-2-7-25-12-17/h4,8,11,13,17,25H,2-3,5-7,9-10,12,14-16H2,1H3,(H,27,29)(H,26,28,30). The van der Waals surface area contributed by atoms with Crippen LogP contribution in [0, 0.1) is 17.2 Å². The fraction of sp³-hybridized carbons (Fsp3) is 0.609. The second kappa shape index (κ2) is 11.0. The number of piperidine rings is 1. The van der Waals surface area contributed by atoms with Crippen molar-refractivity contribution in [3.8, 4) is 11.4 Å². The molecule has 0 aromatic carbocycles. The summed E-state index contributed by atoms with van der Waals surface area (Å²) in [6.45, 7) is 7.69. The van der Waals surface area contributed by atoms with Crippen LogP contribution in [0.2, 0.25) is 0 Å². The molecule has 9 heteroatoms. The molecule has 2 aliphatic rings. The topological polar surface area (TPSA) is 93.2 Å². The lowest BCUT2D eigenvalue weighted by molar-refractivity contribution is 0.0300. The van der Waals surface area contributed by atoms with Crippen molar-refractivity contribution in [2.75, 3.05) is 56.8 Å². The molecule has 0 saturated carbocycles. The van der Waals surface area contributed by atoms with Crippen molar-refractivity contribution < 1.29 is 13.9 Å². The minimum atomic E-state index is -0.460. The second-order valence-corrected chi connectivity index (χ2v) is 9.00. The van der Waals surface area contributed by atoms with Gasteiger partial charge in [0.15, 0.2) is 11.6 Å². The van der Waals surface area contributed by atoms with Gasteiger partial charge in [-0.1, -0.05) is 6.92 Å². The molecule has 3 N–H and O–H groups in total. The average Bonchev–Trinajstić information content (AvgIpc) is 2.83. The normalized spacial score (nSPS) is 20.6. The van der Waals surface area contributed by atoms with Crippen LogP contribution in [0.3, 0.4) is 0 Å². The molecule has 2 aliphatic heterocycles. The van der Waals surface area contributed by atoms with E-state index in [1.165, 1.54) is 19.0 Å². The number of hydrogen-bond acceptors (Lipinski definition) is 8. The predicted molar refractivity (Wildman–Crippen MR) is 122 cm³/mol. The maximum atomic E-state index is 14.5. The summed E-state index contributed by atoms with van der Waals surface area (Å²) in [6, 6.07) is 3.43. The third-order valence-electron chi connectivity index (χ3n) is 6.26. The van der Waals surface area contributed by atoms with Crippen LogP contribution in [0.5, 0.6) is 0 Å². The summed E-state index contributed by atoms with van der Waals surface area (Å²) in [6.07, 6.45) is 7.21. The molecule has 0 spiro atoms. The van der Waals surface area contributed by atoms with Crippen LogP contribution in [0.4, 0.5) is 16.0 Å². The lowest BCUT2D eigenvalue weighted by atomic mass is 9.82. The average molecular weight is 445 g/mol. The van der Waals surface area contributed by atoms with E-state index in [0.29, 0.717) is 42.3 Å². The zero-order valence-corrected chi connectivity index (χ0v) is 18.7. The number of halogens is 1. The monoisotopic (exact) mass is 444 g/mol. The van der Waals surface area contributed by atoms with E-state index in [2.05, 4.69) is 37.8 Å². The summed E-state index contributed by atoms with van der Waals surface area (Å²) in [5, 5.41) is 9.87. The molecule has 2 fully saturated rings. The molecule has 1 atom stereocenters. The van der Waals surface area contributed by atoms with Crippen molar-refractivity contribution in [2.45, 2.75) is 32.6 Å². The number of ether oxygens (including phenoxy) is 2. The number of nitrogens with zero attached hydrogens (tertiary/aromatic N) is 3. The van der Waals surface area contributed by atoms with Gasteiger partial charge in [0, 0.05) is 32.5 Å². The maximum absolute atomic E-state index is 14.5. The van der Waals surface area contributed by atoms with E-state index in [0.717, 1.165) is 45.7 Å². The first-order valence-electron chi connectivity index (χ1n) is 11.4. The molecular weight excluding hydrogens is 411 g/mol. The zero-order chi connectivity index (χ0) is 22.2. The zero-order valence-electron chi connectivity index (χ0n) is 18.7. The Morgan fingerprint density at radius 3 is 2.94 bits per heavy atom. The molecule has 174 valence electrons. The van der Waals surface area contributed by atoms with E-state index >= 15 is 0 Å². The Balaban J connectivity index is 1.34. The summed E-state index contributed by atoms with van der Waals surface area (Å²) in [5.74, 6) is 1.61. The van der Waals surface area contributed by atoms with Gasteiger partial charge < -0.3 is 25.4 Å². The Hall–Kier alpha value is -2.36. The summed E-state index contributed by atoms with van der Waals surface area (Å²) in [4.78, 5) is 12.9. The quantitative estimate of drug-likeness (QED) is 0.401. The van der Waals surface area contributed by atoms with Gasteiger partial charge in [0.05, 0.1) is 18.4 Å². The Morgan fingerprint density at radius 1 is 1.25 bits per heavy atom. The van der Waals surface area contributed by atoms with Gasteiger partial charge in [0.25, 0.3) is 0 Å². The van der Waals surface area contributed by atoms with E-state index in [4.69, 9.17) is 9.47 Å². The van der Waals surface area contributed by atoms with E-state index in [-0.39, 0.29) is 5.41 Å². The van der Waals surface area contributed by atoms with Gasteiger partial charge in [0.1, 0.15) is 18.4 Å². The van der Waals surface area contributed by atoms with Crippen LogP contribution in [0.1, 0.15) is 32.6 Å². The number of anilines is 2. The van der Waals surface area contributed by atoms with Crippen molar-refractivity contribution in [1.82, 2.24) is 20.3 Å². The number of nitrogens with one attached hydrogen (secondary N) is 3. The third-order valence-corrected chi connectivity index (χ3v) is 6.26. The number of hydrogen-bond donors (Lipinski definition) is 3. The first-order valence-corrected chi connectivity index (χ1v) is 11.4. The second-order valence-electron chi connectivity index (χ2n) is 9.00. The molecular formula is C23H33FN6O2. The first kappa shape index (κ1) is 22.8. The van der Waals surface area contributed by atoms with Gasteiger partial charge in [0.2, 0.25) is 0 Å². The minimum absolute atomic E-state index is 0.163. The Kier molecular flexibility index (Phi) is 7.83. The van der Waals surface area contributed by atoms with E-state index in [1.807, 2.05) is 0 Å². The van der Waals surface area contributed by atoms with Gasteiger partial charge in [-0.15, -0.1) is 0 Å². The van der Waals surface area contributed by atoms with Crippen LogP contribution in [0.25, 0.3) is 11.4 Å². The van der Waals surface area contributed by atoms with Crippen LogP contribution in [-0.2, 0) is 9.47 Å². The highest BCUT2D eigenvalue weighted by atomic mass is 19.1. The number of aromatic nitrogens is 3. The Bertz CT molecular complexity index is 871. The van der Waals surface area contributed by atoms with Crippen LogP contribution in [-0.4, -0.2) is 61.1 Å². The highest BCUT2D eigenvalue weighted by Crippen LogP contribution is 2.30. The highest BCUT2D eigenvalue weighted by molar-refractivity contribution is 5.61. The van der Waals surface area contributed by atoms with Crippen molar-refractivity contribution in [1.29, 1.82) is 0 Å². The molecule has 0 bridgehead atoms. The van der Waals surface area contributed by atoms with Gasteiger partial charge >= 0.3 is 0 Å². The predicted octanol–water partition coefficient (Wildman–Crippen LogP) is 3.29. The Morgan fingerprint density at radius 2 is 2.12 bits per heavy atom. The van der Waals surface area contributed by atoms with E-state index in [1.54, 1.807) is 18.3 Å². The molecule has 0 aliphatic carbocycles. The molecule has 4 rings (SSSR count). The summed E-state index contributed by atoms with van der Waals surface area (Å²) in [7, 11) is 0. The van der Waals surface area contributed by atoms with Crippen molar-refractivity contribution in [3.63, 3.8) is 0 Å². The van der Waals surface area contributed by atoms with Crippen LogP contribution >= 0.6 is 0 Å². The SMILES string of the molecule is CC1(CNc2ccnc(-c3cc(NCOCC4CCCNC4)ncc3F)n2)CCOCC1. The first-order chi connectivity index (χ1) is 15.6. The summed E-state index contributed by atoms with van der Waals surface area (Å²) >= 11 is 0. The van der Waals surface area contributed by atoms with Crippen LogP contribution < -0.4 is 16.0 Å². The molecule has 0 radical (unpaired) electrons. The van der Waals surface area contributed by atoms with Gasteiger partial charge in [-0.2, -0.15) is 0 Å². The summed E-state index contributed by atoms with van der Waals surface area (Å²) in [5.41, 5.74) is 0.468. The molecule has 1 unspecified atom stereocenters. The highest BCUT2D eigenvalue weighted by Gasteiger charge is 2.27. The molecule has 4 heterocycles. The minimum Gasteiger partial charge on any atom is -0.381 e. The maximum Gasteiger partial charge on any atom is 0.164 e. The Labute approximate surface area is 188 Å². The number of pyridine rings is 1. The third kappa shape index (κ3) is 6.34. The molecule has 2 aromatic heterocycles. The van der Waals surface area contributed by atoms with Crippen molar-refractivity contribution >= 4 is 11.6 Å². The fourth-order valence-corrected chi connectivity index (χ4v) is 4.06. The van der Waals surface area contributed by atoms with E-state index < -0.39 is 5.82 Å². The number of rotatable bonds is 9. The van der Waals surface area contributed by atoms with Crippen LogP contribution in [0.15, 0.2) is 24.5 Å². The smallest absolute Gasteiger partial charge is 0.164 e. The lowest BCUT2D eigenvalue weighted by Crippen LogP contribution is -2.33. The van der Waals surface area contributed by atoms with Gasteiger partial charge in [-0.05, 0) is 55.7 Å². The molecule has 2 saturated heterocycles. The molecule has 8 nitrogen and oxygen atoms in total. The fourth-order valence-electron chi connectivity index (χ4n) is 4.06. The molecule has 32 heavy (non-hydrogen) atoms. The van der Waals surface area contributed by atoms with Gasteiger partial charge in [-0.3, -0.25) is 0 Å². The molecule has 0 amide bonds. The van der Waals surface area contributed by atoms with Crippen molar-refractivity contribution in [2.24, 2.45) is 11.3 Å². The van der Waals surface area contributed by atoms with Crippen molar-refractivity contribution in [3.05, 3.63) is 30.3 Å².